The molecule has 0 bridgehead atoms. The van der Waals surface area contributed by atoms with E-state index < -0.39 is 22.5 Å². The first kappa shape index (κ1) is 22.0. The fourth-order valence-corrected chi connectivity index (χ4v) is 3.90. The number of halogens is 2. The van der Waals surface area contributed by atoms with Gasteiger partial charge in [0.25, 0.3) is 5.91 Å². The van der Waals surface area contributed by atoms with Gasteiger partial charge in [0.2, 0.25) is 10.0 Å². The molecule has 3 rings (SSSR count). The molecule has 1 fully saturated rings. The summed E-state index contributed by atoms with van der Waals surface area (Å²) >= 11 is 0. The number of carbonyl (C=O) groups is 1. The van der Waals surface area contributed by atoms with E-state index in [0.29, 0.717) is 18.0 Å². The van der Waals surface area contributed by atoms with Gasteiger partial charge in [-0.15, -0.1) is 0 Å². The molecule has 0 aromatic heterocycles. The van der Waals surface area contributed by atoms with Gasteiger partial charge in [0.15, 0.2) is 11.5 Å². The lowest BCUT2D eigenvalue weighted by Gasteiger charge is -2.12. The molecule has 10 heteroatoms. The number of carbonyl (C=O) groups excluding carboxylic acids is 1. The average molecular weight is 440 g/mol. The first-order valence-electron chi connectivity index (χ1n) is 9.28. The molecule has 0 heterocycles. The van der Waals surface area contributed by atoms with Crippen molar-refractivity contribution in [3.8, 4) is 11.5 Å². The van der Waals surface area contributed by atoms with Crippen LogP contribution in [0.15, 0.2) is 47.4 Å². The number of nitrogens with one attached hydrogen (secondary N) is 2. The van der Waals surface area contributed by atoms with E-state index in [1.54, 1.807) is 6.07 Å². The highest BCUT2D eigenvalue weighted by molar-refractivity contribution is 7.89. The summed E-state index contributed by atoms with van der Waals surface area (Å²) in [5.41, 5.74) is 0.677. The Balaban J connectivity index is 1.66. The summed E-state index contributed by atoms with van der Waals surface area (Å²) in [6, 6.07) is 10.1. The molecule has 2 aromatic rings. The molecule has 0 aliphatic heterocycles. The van der Waals surface area contributed by atoms with Crippen LogP contribution >= 0.6 is 0 Å². The molecule has 1 aliphatic rings. The first-order chi connectivity index (χ1) is 14.3. The van der Waals surface area contributed by atoms with Gasteiger partial charge < -0.3 is 14.8 Å². The zero-order valence-electron chi connectivity index (χ0n) is 16.2. The van der Waals surface area contributed by atoms with Gasteiger partial charge in [0, 0.05) is 18.7 Å². The average Bonchev–Trinajstić information content (AvgIpc) is 3.55. The molecule has 0 unspecified atom stereocenters. The Morgan fingerprint density at radius 2 is 1.93 bits per heavy atom. The van der Waals surface area contributed by atoms with Gasteiger partial charge in [-0.2, -0.15) is 8.78 Å². The molecule has 0 spiro atoms. The zero-order chi connectivity index (χ0) is 21.7. The second-order valence-corrected chi connectivity index (χ2v) is 8.64. The summed E-state index contributed by atoms with van der Waals surface area (Å²) in [6.07, 6.45) is 2.03. The van der Waals surface area contributed by atoms with Gasteiger partial charge in [0.1, 0.15) is 0 Å². The van der Waals surface area contributed by atoms with Gasteiger partial charge >= 0.3 is 6.61 Å². The summed E-state index contributed by atoms with van der Waals surface area (Å²) in [4.78, 5) is 12.5. The van der Waals surface area contributed by atoms with Crippen molar-refractivity contribution in [3.05, 3.63) is 53.6 Å². The predicted octanol–water partition coefficient (Wildman–Crippen LogP) is 2.91. The molecule has 162 valence electrons. The number of rotatable bonds is 10. The van der Waals surface area contributed by atoms with Crippen LogP contribution < -0.4 is 19.5 Å². The normalized spacial score (nSPS) is 13.9. The van der Waals surface area contributed by atoms with Crippen LogP contribution in [-0.4, -0.2) is 34.6 Å². The predicted molar refractivity (Wildman–Crippen MR) is 105 cm³/mol. The minimum absolute atomic E-state index is 0.00728. The number of sulfonamides is 1. The highest BCUT2D eigenvalue weighted by atomic mass is 32.2. The summed E-state index contributed by atoms with van der Waals surface area (Å²) in [5, 5.41) is 2.63. The molecule has 1 aliphatic carbocycles. The number of hydrogen-bond donors (Lipinski definition) is 2. The van der Waals surface area contributed by atoms with E-state index in [0.717, 1.165) is 12.8 Å². The van der Waals surface area contributed by atoms with Crippen LogP contribution in [0.5, 0.6) is 11.5 Å². The fourth-order valence-electron chi connectivity index (χ4n) is 2.74. The smallest absolute Gasteiger partial charge is 0.387 e. The van der Waals surface area contributed by atoms with E-state index in [4.69, 9.17) is 4.74 Å². The molecule has 0 saturated heterocycles. The van der Waals surface area contributed by atoms with E-state index >= 15 is 0 Å². The van der Waals surface area contributed by atoms with Crippen molar-refractivity contribution in [3.63, 3.8) is 0 Å². The van der Waals surface area contributed by atoms with Gasteiger partial charge in [-0.05, 0) is 54.7 Å². The Morgan fingerprint density at radius 1 is 1.17 bits per heavy atom. The van der Waals surface area contributed by atoms with E-state index in [1.165, 1.54) is 43.5 Å². The minimum Gasteiger partial charge on any atom is -0.493 e. The molecule has 30 heavy (non-hydrogen) atoms. The van der Waals surface area contributed by atoms with Gasteiger partial charge in [-0.1, -0.05) is 12.1 Å². The summed E-state index contributed by atoms with van der Waals surface area (Å²) in [7, 11) is -2.37. The molecule has 2 N–H and O–H groups in total. The maximum absolute atomic E-state index is 12.5. The van der Waals surface area contributed by atoms with Crippen molar-refractivity contribution < 1.29 is 31.5 Å². The third kappa shape index (κ3) is 5.90. The summed E-state index contributed by atoms with van der Waals surface area (Å²) < 4.78 is 61.8. The quantitative estimate of drug-likeness (QED) is 0.593. The highest BCUT2D eigenvalue weighted by Gasteiger charge is 2.24. The number of hydrogen-bond acceptors (Lipinski definition) is 5. The van der Waals surface area contributed by atoms with E-state index in [2.05, 4.69) is 14.8 Å². The minimum atomic E-state index is -3.69. The first-order valence-corrected chi connectivity index (χ1v) is 10.8. The van der Waals surface area contributed by atoms with Crippen molar-refractivity contribution in [1.82, 2.24) is 10.0 Å². The molecular formula is C20H22F2N2O5S. The maximum atomic E-state index is 12.5. The SMILES string of the molecule is COc1ccc(CNC(=O)c2cccc(S(=O)(=O)NCC3CC3)c2)cc1OC(F)F. The summed E-state index contributed by atoms with van der Waals surface area (Å²) in [5.74, 6) is -0.118. The number of alkyl halides is 2. The van der Waals surface area contributed by atoms with Gasteiger partial charge in [-0.25, -0.2) is 13.1 Å². The topological polar surface area (TPSA) is 93.7 Å². The number of methoxy groups -OCH3 is 1. The third-order valence-electron chi connectivity index (χ3n) is 4.56. The lowest BCUT2D eigenvalue weighted by Crippen LogP contribution is -2.27. The molecular weight excluding hydrogens is 418 g/mol. The Kier molecular flexibility index (Phi) is 6.88. The van der Waals surface area contributed by atoms with E-state index in [9.17, 15) is 22.0 Å². The Labute approximate surface area is 173 Å². The van der Waals surface area contributed by atoms with E-state index in [-0.39, 0.29) is 28.5 Å². The largest absolute Gasteiger partial charge is 0.493 e. The number of ether oxygens (including phenoxy) is 2. The Hall–Kier alpha value is -2.72. The van der Waals surface area contributed by atoms with Gasteiger partial charge in [0.05, 0.1) is 12.0 Å². The zero-order valence-corrected chi connectivity index (χ0v) is 17.0. The van der Waals surface area contributed by atoms with Crippen LogP contribution in [0, 0.1) is 5.92 Å². The van der Waals surface area contributed by atoms with Crippen LogP contribution in [0.4, 0.5) is 8.78 Å². The van der Waals surface area contributed by atoms with Crippen molar-refractivity contribution in [1.29, 1.82) is 0 Å². The van der Waals surface area contributed by atoms with Crippen molar-refractivity contribution in [2.24, 2.45) is 5.92 Å². The standard InChI is InChI=1S/C20H22F2N2O5S/c1-28-17-8-7-14(9-18(17)29-20(21)22)11-23-19(25)15-3-2-4-16(10-15)30(26,27)24-12-13-5-6-13/h2-4,7-10,13,20,24H,5-6,11-12H2,1H3,(H,23,25). The summed E-state index contributed by atoms with van der Waals surface area (Å²) in [6.45, 7) is -2.60. The molecule has 0 radical (unpaired) electrons. The maximum Gasteiger partial charge on any atom is 0.387 e. The van der Waals surface area contributed by atoms with Gasteiger partial charge in [-0.3, -0.25) is 4.79 Å². The van der Waals surface area contributed by atoms with E-state index in [1.807, 2.05) is 0 Å². The Bertz CT molecular complexity index is 1010. The van der Waals surface area contributed by atoms with Crippen LogP contribution in [0.2, 0.25) is 0 Å². The second kappa shape index (κ2) is 9.40. The van der Waals surface area contributed by atoms with Crippen molar-refractivity contribution in [2.45, 2.75) is 30.9 Å². The second-order valence-electron chi connectivity index (χ2n) is 6.87. The lowest BCUT2D eigenvalue weighted by atomic mass is 10.1. The molecule has 7 nitrogen and oxygen atoms in total. The van der Waals surface area contributed by atoms with Crippen LogP contribution in [0.1, 0.15) is 28.8 Å². The third-order valence-corrected chi connectivity index (χ3v) is 5.98. The molecule has 2 aromatic carbocycles. The van der Waals surface area contributed by atoms with Crippen molar-refractivity contribution >= 4 is 15.9 Å². The Morgan fingerprint density at radius 3 is 2.60 bits per heavy atom. The molecule has 0 atom stereocenters. The van der Waals surface area contributed by atoms with Crippen LogP contribution in [0.25, 0.3) is 0 Å². The highest BCUT2D eigenvalue weighted by Crippen LogP contribution is 2.30. The lowest BCUT2D eigenvalue weighted by molar-refractivity contribution is -0.0512. The number of amides is 1. The molecule has 1 amide bonds. The number of benzene rings is 2. The van der Waals surface area contributed by atoms with Crippen LogP contribution in [-0.2, 0) is 16.6 Å². The molecule has 1 saturated carbocycles. The van der Waals surface area contributed by atoms with Crippen LogP contribution in [0.3, 0.4) is 0 Å². The fraction of sp³-hybridized carbons (Fsp3) is 0.350. The van der Waals surface area contributed by atoms with Crippen molar-refractivity contribution in [2.75, 3.05) is 13.7 Å². The monoisotopic (exact) mass is 440 g/mol.